The predicted molar refractivity (Wildman–Crippen MR) is 82.0 cm³/mol. The third-order valence-electron chi connectivity index (χ3n) is 3.35. The quantitative estimate of drug-likeness (QED) is 0.763. The first-order valence-electron chi connectivity index (χ1n) is 6.94. The molecule has 1 aromatic heterocycles. The molecule has 114 valence electrons. The number of ether oxygens (including phenoxy) is 1. The van der Waals surface area contributed by atoms with Crippen molar-refractivity contribution < 1.29 is 13.5 Å². The Morgan fingerprint density at radius 3 is 2.43 bits per heavy atom. The van der Waals surface area contributed by atoms with Crippen LogP contribution in [0.4, 0.5) is 8.78 Å². The Balaban J connectivity index is 2.00. The highest BCUT2D eigenvalue weighted by Gasteiger charge is 2.14. The number of rotatable bonds is 7. The molecule has 0 aliphatic carbocycles. The van der Waals surface area contributed by atoms with E-state index in [-0.39, 0.29) is 11.8 Å². The van der Waals surface area contributed by atoms with Crippen LogP contribution in [0.15, 0.2) is 41.8 Å². The Morgan fingerprint density at radius 1 is 1.19 bits per heavy atom. The number of hydrogen-bond donors (Lipinski definition) is 1. The van der Waals surface area contributed by atoms with Gasteiger partial charge in [0.25, 0.3) is 0 Å². The largest absolute Gasteiger partial charge is 0.435 e. The fraction of sp³-hybridized carbons (Fsp3) is 0.375. The maximum absolute atomic E-state index is 12.1. The molecule has 0 amide bonds. The molecule has 1 N–H and O–H groups in total. The van der Waals surface area contributed by atoms with Gasteiger partial charge in [0, 0.05) is 17.0 Å². The Bertz CT molecular complexity index is 528. The van der Waals surface area contributed by atoms with E-state index in [1.165, 1.54) is 4.88 Å². The van der Waals surface area contributed by atoms with E-state index in [0.29, 0.717) is 6.04 Å². The van der Waals surface area contributed by atoms with Gasteiger partial charge >= 0.3 is 6.61 Å². The number of thiophene rings is 1. The molecule has 1 heterocycles. The molecule has 2 atom stereocenters. The van der Waals surface area contributed by atoms with Crippen LogP contribution in [0.2, 0.25) is 0 Å². The molecule has 0 aliphatic rings. The van der Waals surface area contributed by atoms with Crippen LogP contribution in [-0.2, 0) is 0 Å². The van der Waals surface area contributed by atoms with Gasteiger partial charge in [-0.2, -0.15) is 8.78 Å². The Labute approximate surface area is 127 Å². The Hall–Kier alpha value is -1.46. The molecule has 1 aromatic carbocycles. The van der Waals surface area contributed by atoms with E-state index in [0.717, 1.165) is 12.0 Å². The number of alkyl halides is 2. The van der Waals surface area contributed by atoms with Gasteiger partial charge in [0.1, 0.15) is 5.75 Å². The van der Waals surface area contributed by atoms with Gasteiger partial charge in [0.15, 0.2) is 0 Å². The van der Waals surface area contributed by atoms with Crippen LogP contribution in [0.3, 0.4) is 0 Å². The first kappa shape index (κ1) is 15.9. The first-order valence-corrected chi connectivity index (χ1v) is 7.82. The lowest BCUT2D eigenvalue weighted by Gasteiger charge is -2.22. The molecule has 2 nitrogen and oxygen atoms in total. The van der Waals surface area contributed by atoms with Gasteiger partial charge in [-0.25, -0.2) is 0 Å². The molecule has 2 aromatic rings. The highest BCUT2D eigenvalue weighted by molar-refractivity contribution is 7.10. The van der Waals surface area contributed by atoms with Crippen LogP contribution < -0.4 is 10.1 Å². The van der Waals surface area contributed by atoms with Crippen LogP contribution in [0.25, 0.3) is 0 Å². The highest BCUT2D eigenvalue weighted by Crippen LogP contribution is 2.26. The van der Waals surface area contributed by atoms with E-state index >= 15 is 0 Å². The van der Waals surface area contributed by atoms with Gasteiger partial charge in [-0.3, -0.25) is 0 Å². The zero-order chi connectivity index (χ0) is 15.2. The summed E-state index contributed by atoms with van der Waals surface area (Å²) in [4.78, 5) is 1.31. The maximum Gasteiger partial charge on any atom is 0.387 e. The van der Waals surface area contributed by atoms with Gasteiger partial charge in [-0.05, 0) is 42.5 Å². The van der Waals surface area contributed by atoms with E-state index in [2.05, 4.69) is 35.3 Å². The number of halogens is 2. The molecule has 2 unspecified atom stereocenters. The molecule has 0 bridgehead atoms. The maximum atomic E-state index is 12.1. The third-order valence-corrected chi connectivity index (χ3v) is 4.34. The average molecular weight is 311 g/mol. The van der Waals surface area contributed by atoms with E-state index in [9.17, 15) is 8.78 Å². The van der Waals surface area contributed by atoms with Crippen LogP contribution in [0.5, 0.6) is 5.75 Å². The minimum absolute atomic E-state index is 0.137. The summed E-state index contributed by atoms with van der Waals surface area (Å²) in [7, 11) is 0. The summed E-state index contributed by atoms with van der Waals surface area (Å²) >= 11 is 1.74. The fourth-order valence-corrected chi connectivity index (χ4v) is 3.10. The van der Waals surface area contributed by atoms with Crippen LogP contribution in [0, 0.1) is 0 Å². The minimum atomic E-state index is -2.78. The number of hydrogen-bond acceptors (Lipinski definition) is 3. The Morgan fingerprint density at radius 2 is 1.90 bits per heavy atom. The van der Waals surface area contributed by atoms with Crippen LogP contribution in [0.1, 0.15) is 42.8 Å². The summed E-state index contributed by atoms with van der Waals surface area (Å²) in [6, 6.07) is 11.4. The van der Waals surface area contributed by atoms with E-state index in [4.69, 9.17) is 0 Å². The van der Waals surface area contributed by atoms with Crippen molar-refractivity contribution in [1.82, 2.24) is 5.32 Å². The SMILES string of the molecule is CCC(NC(C)c1ccc(OC(F)F)cc1)c1cccs1. The summed E-state index contributed by atoms with van der Waals surface area (Å²) < 4.78 is 28.6. The number of nitrogens with one attached hydrogen (secondary N) is 1. The summed E-state index contributed by atoms with van der Waals surface area (Å²) in [5.74, 6) is 0.186. The van der Waals surface area contributed by atoms with Crippen molar-refractivity contribution in [2.45, 2.75) is 39.0 Å². The van der Waals surface area contributed by atoms with Gasteiger partial charge < -0.3 is 10.1 Å². The van der Waals surface area contributed by atoms with Gasteiger partial charge in [-0.1, -0.05) is 25.1 Å². The van der Waals surface area contributed by atoms with Crippen molar-refractivity contribution >= 4 is 11.3 Å². The van der Waals surface area contributed by atoms with Crippen molar-refractivity contribution in [3.63, 3.8) is 0 Å². The summed E-state index contributed by atoms with van der Waals surface area (Å²) in [5, 5.41) is 5.64. The molecule has 21 heavy (non-hydrogen) atoms. The molecule has 0 saturated heterocycles. The van der Waals surface area contributed by atoms with Crippen molar-refractivity contribution in [2.75, 3.05) is 0 Å². The van der Waals surface area contributed by atoms with Gasteiger partial charge in [-0.15, -0.1) is 11.3 Å². The summed E-state index contributed by atoms with van der Waals surface area (Å²) in [6.07, 6.45) is 0.997. The van der Waals surface area contributed by atoms with Crippen molar-refractivity contribution in [3.8, 4) is 5.75 Å². The number of benzene rings is 1. The standard InChI is InChI=1S/C16H19F2NOS/c1-3-14(15-5-4-10-21-15)19-11(2)12-6-8-13(9-7-12)20-16(17)18/h4-11,14,16,19H,3H2,1-2H3. The molecule has 0 radical (unpaired) electrons. The normalized spacial score (nSPS) is 14.1. The molecule has 0 aliphatic heterocycles. The first-order chi connectivity index (χ1) is 10.1. The lowest BCUT2D eigenvalue weighted by Crippen LogP contribution is -2.23. The molecule has 0 fully saturated rings. The van der Waals surface area contributed by atoms with Crippen LogP contribution in [-0.4, -0.2) is 6.61 Å². The van der Waals surface area contributed by atoms with Crippen molar-refractivity contribution in [1.29, 1.82) is 0 Å². The van der Waals surface area contributed by atoms with E-state index < -0.39 is 6.61 Å². The summed E-state index contributed by atoms with van der Waals surface area (Å²) in [5.41, 5.74) is 1.05. The van der Waals surface area contributed by atoms with Crippen molar-refractivity contribution in [3.05, 3.63) is 52.2 Å². The molecule has 2 rings (SSSR count). The van der Waals surface area contributed by atoms with Crippen molar-refractivity contribution in [2.24, 2.45) is 0 Å². The van der Waals surface area contributed by atoms with Gasteiger partial charge in [0.05, 0.1) is 0 Å². The molecular weight excluding hydrogens is 292 g/mol. The summed E-state index contributed by atoms with van der Waals surface area (Å²) in [6.45, 7) is 1.43. The molecule has 0 saturated carbocycles. The smallest absolute Gasteiger partial charge is 0.387 e. The predicted octanol–water partition coefficient (Wildman–Crippen LogP) is 5.15. The Kier molecular flexibility index (Phi) is 5.70. The van der Waals surface area contributed by atoms with Gasteiger partial charge in [0.2, 0.25) is 0 Å². The van der Waals surface area contributed by atoms with E-state index in [1.54, 1.807) is 23.5 Å². The highest BCUT2D eigenvalue weighted by atomic mass is 32.1. The molecule has 0 spiro atoms. The lowest BCUT2D eigenvalue weighted by atomic mass is 10.1. The lowest BCUT2D eigenvalue weighted by molar-refractivity contribution is -0.0498. The van der Waals surface area contributed by atoms with Crippen LogP contribution >= 0.6 is 11.3 Å². The second-order valence-corrected chi connectivity index (χ2v) is 5.79. The third kappa shape index (κ3) is 4.51. The second-order valence-electron chi connectivity index (χ2n) is 4.81. The fourth-order valence-electron chi connectivity index (χ4n) is 2.23. The molecular formula is C16H19F2NOS. The second kappa shape index (κ2) is 7.52. The topological polar surface area (TPSA) is 21.3 Å². The van der Waals surface area contributed by atoms with E-state index in [1.807, 2.05) is 18.2 Å². The zero-order valence-electron chi connectivity index (χ0n) is 12.1. The average Bonchev–Trinajstić information content (AvgIpc) is 2.98. The molecule has 5 heteroatoms. The minimum Gasteiger partial charge on any atom is -0.435 e. The monoisotopic (exact) mass is 311 g/mol. The zero-order valence-corrected chi connectivity index (χ0v) is 12.9.